The molecule has 1 amide bonds. The first-order chi connectivity index (χ1) is 19.5. The summed E-state index contributed by atoms with van der Waals surface area (Å²) in [5, 5.41) is 17.0. The molecule has 2 aromatic heterocycles. The van der Waals surface area contributed by atoms with Crippen LogP contribution in [0, 0.1) is 0 Å². The standard InChI is InChI=1S/C30H35N7O3/c1-4-21-17-26(40-24-8-6-7-22(18-24)32-28(39)5-2)25-11-12-37(20-38)30(25)34-29(21)33-23-9-10-27(31-19-23)36-15-13-35(3)14-16-36/h5-12,18-19,33,38H,2,4,13-17,20H2,1,3H3,(H,32,39). The van der Waals surface area contributed by atoms with Gasteiger partial charge in [0.05, 0.1) is 17.1 Å². The van der Waals surface area contributed by atoms with Crippen molar-refractivity contribution in [2.75, 3.05) is 48.8 Å². The zero-order valence-corrected chi connectivity index (χ0v) is 22.9. The third-order valence-electron chi connectivity index (χ3n) is 7.11. The maximum Gasteiger partial charge on any atom is 0.247 e. The summed E-state index contributed by atoms with van der Waals surface area (Å²) in [6, 6.07) is 13.2. The summed E-state index contributed by atoms with van der Waals surface area (Å²) in [6.07, 6.45) is 6.11. The van der Waals surface area contributed by atoms with Gasteiger partial charge in [-0.15, -0.1) is 0 Å². The van der Waals surface area contributed by atoms with E-state index in [1.54, 1.807) is 22.9 Å². The minimum Gasteiger partial charge on any atom is -0.461 e. The largest absolute Gasteiger partial charge is 0.461 e. The molecule has 0 radical (unpaired) electrons. The Morgan fingerprint density at radius 2 is 1.98 bits per heavy atom. The molecule has 4 heterocycles. The maximum absolute atomic E-state index is 11.8. The second kappa shape index (κ2) is 12.2. The molecule has 2 aliphatic rings. The number of hydrogen-bond donors (Lipinski definition) is 3. The van der Waals surface area contributed by atoms with Crippen molar-refractivity contribution in [1.82, 2.24) is 14.5 Å². The molecular formula is C30H35N7O3. The van der Waals surface area contributed by atoms with Crippen LogP contribution in [0.4, 0.5) is 17.2 Å². The molecular weight excluding hydrogens is 506 g/mol. The van der Waals surface area contributed by atoms with Crippen molar-refractivity contribution in [2.45, 2.75) is 26.5 Å². The molecule has 0 aliphatic carbocycles. The molecule has 0 unspecified atom stereocenters. The lowest BCUT2D eigenvalue weighted by atomic mass is 10.1. The van der Waals surface area contributed by atoms with Crippen LogP contribution in [0.2, 0.25) is 0 Å². The maximum atomic E-state index is 11.8. The number of nitrogens with one attached hydrogen (secondary N) is 2. The summed E-state index contributed by atoms with van der Waals surface area (Å²) in [5.41, 5.74) is 3.09. The van der Waals surface area contributed by atoms with Crippen LogP contribution in [-0.4, -0.2) is 58.7 Å². The summed E-state index contributed by atoms with van der Waals surface area (Å²) in [4.78, 5) is 26.1. The summed E-state index contributed by atoms with van der Waals surface area (Å²) in [7, 11) is 2.14. The highest BCUT2D eigenvalue weighted by Gasteiger charge is 2.19. The van der Waals surface area contributed by atoms with E-state index in [4.69, 9.17) is 14.7 Å². The van der Waals surface area contributed by atoms with Gasteiger partial charge in [0.25, 0.3) is 0 Å². The van der Waals surface area contributed by atoms with Crippen molar-refractivity contribution in [3.63, 3.8) is 0 Å². The van der Waals surface area contributed by atoms with Crippen molar-refractivity contribution >= 4 is 28.9 Å². The number of aromatic nitrogens is 2. The van der Waals surface area contributed by atoms with Crippen LogP contribution in [0.5, 0.6) is 5.75 Å². The quantitative estimate of drug-likeness (QED) is 0.358. The number of nitrogens with zero attached hydrogens (tertiary/aromatic N) is 5. The molecule has 1 fully saturated rings. The topological polar surface area (TPSA) is 107 Å². The van der Waals surface area contributed by atoms with E-state index >= 15 is 0 Å². The molecule has 1 aromatic carbocycles. The van der Waals surface area contributed by atoms with Gasteiger partial charge in [-0.05, 0) is 55.4 Å². The average molecular weight is 542 g/mol. The molecule has 10 heteroatoms. The second-order valence-electron chi connectivity index (χ2n) is 9.83. The van der Waals surface area contributed by atoms with Gasteiger partial charge in [0.2, 0.25) is 5.91 Å². The number of ether oxygens (including phenoxy) is 1. The number of anilines is 3. The fourth-order valence-electron chi connectivity index (χ4n) is 4.77. The third-order valence-corrected chi connectivity index (χ3v) is 7.11. The van der Waals surface area contributed by atoms with E-state index in [1.807, 2.05) is 36.5 Å². The Kier molecular flexibility index (Phi) is 8.28. The van der Waals surface area contributed by atoms with Crippen molar-refractivity contribution < 1.29 is 14.6 Å². The molecule has 40 heavy (non-hydrogen) atoms. The molecule has 2 aliphatic heterocycles. The third kappa shape index (κ3) is 6.08. The van der Waals surface area contributed by atoms with Crippen molar-refractivity contribution in [1.29, 1.82) is 0 Å². The Labute approximate surface area is 233 Å². The minimum absolute atomic E-state index is 0.217. The molecule has 0 bridgehead atoms. The lowest BCUT2D eigenvalue weighted by Crippen LogP contribution is -2.44. The van der Waals surface area contributed by atoms with E-state index in [9.17, 15) is 9.90 Å². The molecule has 3 aromatic rings. The molecule has 5 rings (SSSR count). The fraction of sp³-hybridized carbons (Fsp3) is 0.300. The number of piperazine rings is 1. The Hall–Kier alpha value is -4.41. The number of fused-ring (bicyclic) bond motifs is 1. The zero-order chi connectivity index (χ0) is 28.1. The van der Waals surface area contributed by atoms with E-state index in [2.05, 4.69) is 41.0 Å². The Balaban J connectivity index is 1.43. The average Bonchev–Trinajstić information content (AvgIpc) is 3.32. The van der Waals surface area contributed by atoms with Gasteiger partial charge in [-0.3, -0.25) is 4.79 Å². The number of rotatable bonds is 9. The van der Waals surface area contributed by atoms with Crippen molar-refractivity contribution in [3.8, 4) is 5.75 Å². The highest BCUT2D eigenvalue weighted by atomic mass is 16.5. The van der Waals surface area contributed by atoms with E-state index in [0.717, 1.165) is 54.9 Å². The van der Waals surface area contributed by atoms with Gasteiger partial charge in [-0.25, -0.2) is 9.98 Å². The first-order valence-corrected chi connectivity index (χ1v) is 13.4. The number of aliphatic hydroxyl groups is 1. The number of likely N-dealkylation sites (N-methyl/N-ethyl adjacent to an activating group) is 1. The van der Waals surface area contributed by atoms with E-state index in [0.29, 0.717) is 34.9 Å². The molecule has 0 spiro atoms. The number of amides is 1. The monoisotopic (exact) mass is 541 g/mol. The van der Waals surface area contributed by atoms with Gasteiger partial charge in [0, 0.05) is 50.6 Å². The second-order valence-corrected chi connectivity index (χ2v) is 9.83. The first-order valence-electron chi connectivity index (χ1n) is 13.4. The van der Waals surface area contributed by atoms with E-state index in [-0.39, 0.29) is 12.6 Å². The number of hydrogen-bond acceptors (Lipinski definition) is 8. The number of carbonyl (C=O) groups is 1. The number of benzene rings is 1. The van der Waals surface area contributed by atoms with Gasteiger partial charge in [-0.2, -0.15) is 0 Å². The predicted octanol–water partition coefficient (Wildman–Crippen LogP) is 2.65. The molecule has 10 nitrogen and oxygen atoms in total. The molecule has 0 saturated carbocycles. The number of aliphatic hydroxyl groups excluding tert-OH is 1. The summed E-state index contributed by atoms with van der Waals surface area (Å²) >= 11 is 0. The van der Waals surface area contributed by atoms with Gasteiger partial charge in [0.15, 0.2) is 0 Å². The van der Waals surface area contributed by atoms with Gasteiger partial charge >= 0.3 is 0 Å². The lowest BCUT2D eigenvalue weighted by molar-refractivity contribution is -0.111. The van der Waals surface area contributed by atoms with Gasteiger partial charge in [0.1, 0.15) is 35.4 Å². The van der Waals surface area contributed by atoms with Crippen LogP contribution in [0.3, 0.4) is 0 Å². The van der Waals surface area contributed by atoms with Crippen LogP contribution >= 0.6 is 0 Å². The predicted molar refractivity (Wildman–Crippen MR) is 156 cm³/mol. The highest BCUT2D eigenvalue weighted by Crippen LogP contribution is 2.27. The van der Waals surface area contributed by atoms with Gasteiger partial charge in [-0.1, -0.05) is 19.6 Å². The zero-order valence-electron chi connectivity index (χ0n) is 22.9. The Morgan fingerprint density at radius 3 is 2.67 bits per heavy atom. The van der Waals surface area contributed by atoms with Crippen molar-refractivity contribution in [3.05, 3.63) is 89.6 Å². The van der Waals surface area contributed by atoms with E-state index < -0.39 is 0 Å². The Bertz CT molecular complexity index is 1530. The minimum atomic E-state index is -0.293. The first kappa shape index (κ1) is 27.2. The highest BCUT2D eigenvalue weighted by molar-refractivity contribution is 5.98. The molecule has 208 valence electrons. The van der Waals surface area contributed by atoms with Crippen LogP contribution in [0.15, 0.2) is 83.9 Å². The van der Waals surface area contributed by atoms with Crippen LogP contribution in [-0.2, 0) is 11.5 Å². The fourth-order valence-corrected chi connectivity index (χ4v) is 4.77. The number of pyridine rings is 1. The SMILES string of the molecule is C=CC(=O)Nc1cccc(OC2=c3ccn(CO)c3=NC(Nc3ccc(N4CCN(C)CC4)nc3)=C(CC)C2)c1. The molecule has 0 atom stereocenters. The van der Waals surface area contributed by atoms with Crippen molar-refractivity contribution in [2.24, 2.45) is 4.99 Å². The van der Waals surface area contributed by atoms with Gasteiger partial charge < -0.3 is 34.8 Å². The molecule has 1 saturated heterocycles. The lowest BCUT2D eigenvalue weighted by Gasteiger charge is -2.33. The van der Waals surface area contributed by atoms with Crippen LogP contribution in [0.1, 0.15) is 19.8 Å². The summed E-state index contributed by atoms with van der Waals surface area (Å²) in [6.45, 7) is 9.33. The normalized spacial score (nSPS) is 15.7. The summed E-state index contributed by atoms with van der Waals surface area (Å²) < 4.78 is 8.07. The van der Waals surface area contributed by atoms with Crippen LogP contribution in [0.25, 0.3) is 5.76 Å². The number of carbonyl (C=O) groups excluding carboxylic acids is 1. The molecule has 3 N–H and O–H groups in total. The van der Waals surface area contributed by atoms with Crippen LogP contribution < -0.4 is 31.0 Å². The van der Waals surface area contributed by atoms with E-state index in [1.165, 1.54) is 6.08 Å². The smallest absolute Gasteiger partial charge is 0.247 e. The Morgan fingerprint density at radius 1 is 1.15 bits per heavy atom. The summed E-state index contributed by atoms with van der Waals surface area (Å²) in [5.74, 6) is 2.66.